The molecule has 0 radical (unpaired) electrons. The summed E-state index contributed by atoms with van der Waals surface area (Å²) in [6.07, 6.45) is 0. The highest BCUT2D eigenvalue weighted by Gasteiger charge is 1.97. The van der Waals surface area contributed by atoms with Crippen LogP contribution in [0.4, 0.5) is 5.69 Å². The fourth-order valence-electron chi connectivity index (χ4n) is 1.18. The lowest BCUT2D eigenvalue weighted by molar-refractivity contribution is 0.118. The highest BCUT2D eigenvalue weighted by Crippen LogP contribution is 2.16. The number of nitrogens with one attached hydrogen (secondary N) is 1. The van der Waals surface area contributed by atoms with Crippen molar-refractivity contribution in [3.05, 3.63) is 27.8 Å². The molecule has 1 aromatic carbocycles. The Balaban J connectivity index is 2.18. The van der Waals surface area contributed by atoms with Crippen LogP contribution in [0.25, 0.3) is 0 Å². The van der Waals surface area contributed by atoms with Crippen LogP contribution >= 0.6 is 22.6 Å². The third-order valence-electron chi connectivity index (χ3n) is 1.89. The summed E-state index contributed by atoms with van der Waals surface area (Å²) in [5, 5.41) is 3.35. The molecule has 0 spiro atoms. The molecule has 0 amide bonds. The Labute approximate surface area is 106 Å². The van der Waals surface area contributed by atoms with E-state index in [4.69, 9.17) is 4.74 Å². The maximum atomic E-state index is 5.49. The van der Waals surface area contributed by atoms with Crippen LogP contribution in [0.2, 0.25) is 0 Å². The average molecular weight is 319 g/mol. The minimum absolute atomic E-state index is 0.613. The van der Waals surface area contributed by atoms with Gasteiger partial charge in [-0.15, -0.1) is 0 Å². The number of hydrogen-bond donors (Lipinski definition) is 1. The van der Waals surface area contributed by atoms with Gasteiger partial charge in [-0.1, -0.05) is 26.0 Å². The number of rotatable bonds is 6. The monoisotopic (exact) mass is 319 g/mol. The van der Waals surface area contributed by atoms with Crippen LogP contribution in [0.3, 0.4) is 0 Å². The fraction of sp³-hybridized carbons (Fsp3) is 0.500. The second-order valence-electron chi connectivity index (χ2n) is 3.88. The topological polar surface area (TPSA) is 21.3 Å². The summed E-state index contributed by atoms with van der Waals surface area (Å²) >= 11 is 2.33. The summed E-state index contributed by atoms with van der Waals surface area (Å²) in [4.78, 5) is 0. The van der Waals surface area contributed by atoms with Crippen LogP contribution in [-0.2, 0) is 4.74 Å². The molecule has 0 unspecified atom stereocenters. The molecule has 1 rings (SSSR count). The van der Waals surface area contributed by atoms with Crippen LogP contribution in [0.1, 0.15) is 13.8 Å². The lowest BCUT2D eigenvalue weighted by atomic mass is 10.2. The predicted molar refractivity (Wildman–Crippen MR) is 73.3 cm³/mol. The Morgan fingerprint density at radius 1 is 1.33 bits per heavy atom. The van der Waals surface area contributed by atoms with E-state index in [0.717, 1.165) is 19.8 Å². The first kappa shape index (κ1) is 12.8. The Morgan fingerprint density at radius 3 is 2.73 bits per heavy atom. The van der Waals surface area contributed by atoms with Crippen molar-refractivity contribution in [2.75, 3.05) is 25.1 Å². The molecule has 0 heterocycles. The van der Waals surface area contributed by atoms with Crippen molar-refractivity contribution in [2.45, 2.75) is 13.8 Å². The molecule has 0 saturated carbocycles. The molecule has 0 aliphatic rings. The summed E-state index contributed by atoms with van der Waals surface area (Å²) in [5.74, 6) is 0.613. The van der Waals surface area contributed by atoms with Crippen LogP contribution in [0.5, 0.6) is 0 Å². The molecule has 0 bridgehead atoms. The molecular formula is C12H18INO. The highest BCUT2D eigenvalue weighted by molar-refractivity contribution is 14.1. The summed E-state index contributed by atoms with van der Waals surface area (Å²) < 4.78 is 6.74. The Kier molecular flexibility index (Phi) is 6.02. The van der Waals surface area contributed by atoms with Crippen molar-refractivity contribution in [2.24, 2.45) is 5.92 Å². The maximum Gasteiger partial charge on any atom is 0.0639 e. The molecule has 0 aliphatic carbocycles. The molecule has 0 aromatic heterocycles. The zero-order valence-corrected chi connectivity index (χ0v) is 11.5. The summed E-state index contributed by atoms with van der Waals surface area (Å²) in [6.45, 7) is 6.80. The average Bonchev–Trinajstić information content (AvgIpc) is 2.20. The van der Waals surface area contributed by atoms with Gasteiger partial charge in [-0.25, -0.2) is 0 Å². The van der Waals surface area contributed by atoms with Gasteiger partial charge in [0.2, 0.25) is 0 Å². The van der Waals surface area contributed by atoms with Crippen molar-refractivity contribution in [1.82, 2.24) is 0 Å². The van der Waals surface area contributed by atoms with E-state index in [2.05, 4.69) is 53.9 Å². The van der Waals surface area contributed by atoms with E-state index in [1.54, 1.807) is 0 Å². The first-order valence-electron chi connectivity index (χ1n) is 5.26. The van der Waals surface area contributed by atoms with E-state index in [9.17, 15) is 0 Å². The Bertz CT molecular complexity index is 289. The zero-order chi connectivity index (χ0) is 11.1. The molecular weight excluding hydrogens is 301 g/mol. The molecule has 84 valence electrons. The highest BCUT2D eigenvalue weighted by atomic mass is 127. The minimum atomic E-state index is 0.613. The van der Waals surface area contributed by atoms with E-state index in [1.165, 1.54) is 9.26 Å². The number of para-hydroxylation sites is 1. The second-order valence-corrected chi connectivity index (χ2v) is 5.04. The molecule has 0 atom stereocenters. The fourth-order valence-corrected chi connectivity index (χ4v) is 1.76. The van der Waals surface area contributed by atoms with E-state index < -0.39 is 0 Å². The van der Waals surface area contributed by atoms with E-state index in [1.807, 2.05) is 12.1 Å². The second kappa shape index (κ2) is 7.06. The number of benzene rings is 1. The Morgan fingerprint density at radius 2 is 2.07 bits per heavy atom. The van der Waals surface area contributed by atoms with Gasteiger partial charge >= 0.3 is 0 Å². The van der Waals surface area contributed by atoms with Crippen molar-refractivity contribution in [3.63, 3.8) is 0 Å². The van der Waals surface area contributed by atoms with Gasteiger partial charge in [0.25, 0.3) is 0 Å². The first-order valence-corrected chi connectivity index (χ1v) is 6.34. The molecule has 2 nitrogen and oxygen atoms in total. The molecule has 1 N–H and O–H groups in total. The zero-order valence-electron chi connectivity index (χ0n) is 9.29. The van der Waals surface area contributed by atoms with Gasteiger partial charge in [-0.3, -0.25) is 0 Å². The molecule has 0 aliphatic heterocycles. The van der Waals surface area contributed by atoms with Gasteiger partial charge in [0.05, 0.1) is 6.61 Å². The summed E-state index contributed by atoms with van der Waals surface area (Å²) in [7, 11) is 0. The molecule has 0 fully saturated rings. The Hall–Kier alpha value is -0.290. The number of halogens is 1. The van der Waals surface area contributed by atoms with Crippen molar-refractivity contribution < 1.29 is 4.74 Å². The van der Waals surface area contributed by atoms with Crippen molar-refractivity contribution in [3.8, 4) is 0 Å². The van der Waals surface area contributed by atoms with Gasteiger partial charge in [0.1, 0.15) is 0 Å². The lowest BCUT2D eigenvalue weighted by Gasteiger charge is -2.09. The first-order chi connectivity index (χ1) is 7.20. The minimum Gasteiger partial charge on any atom is -0.382 e. The normalized spacial score (nSPS) is 10.7. The lowest BCUT2D eigenvalue weighted by Crippen LogP contribution is -2.12. The number of anilines is 1. The molecule has 15 heavy (non-hydrogen) atoms. The van der Waals surface area contributed by atoms with Gasteiger partial charge in [-0.2, -0.15) is 0 Å². The van der Waals surface area contributed by atoms with E-state index in [-0.39, 0.29) is 0 Å². The maximum absolute atomic E-state index is 5.49. The third kappa shape index (κ3) is 5.37. The van der Waals surface area contributed by atoms with Gasteiger partial charge < -0.3 is 10.1 Å². The smallest absolute Gasteiger partial charge is 0.0639 e. The van der Waals surface area contributed by atoms with Crippen molar-refractivity contribution in [1.29, 1.82) is 0 Å². The standard InChI is InChI=1S/C12H18INO/c1-10(2)9-15-8-7-14-12-6-4-3-5-11(12)13/h3-6,10,14H,7-9H2,1-2H3. The van der Waals surface area contributed by atoms with Gasteiger partial charge in [0.15, 0.2) is 0 Å². The number of hydrogen-bond acceptors (Lipinski definition) is 2. The predicted octanol–water partition coefficient (Wildman–Crippen LogP) is 3.38. The van der Waals surface area contributed by atoms with E-state index >= 15 is 0 Å². The van der Waals surface area contributed by atoms with Gasteiger partial charge in [0, 0.05) is 22.4 Å². The van der Waals surface area contributed by atoms with Crippen LogP contribution < -0.4 is 5.32 Å². The SMILES string of the molecule is CC(C)COCCNc1ccccc1I. The van der Waals surface area contributed by atoms with Gasteiger partial charge in [-0.05, 0) is 40.6 Å². The summed E-state index contributed by atoms with van der Waals surface area (Å²) in [5.41, 5.74) is 1.19. The van der Waals surface area contributed by atoms with Crippen molar-refractivity contribution >= 4 is 28.3 Å². The quantitative estimate of drug-likeness (QED) is 0.641. The van der Waals surface area contributed by atoms with Crippen LogP contribution in [0, 0.1) is 9.49 Å². The number of ether oxygens (including phenoxy) is 1. The molecule has 3 heteroatoms. The van der Waals surface area contributed by atoms with E-state index in [0.29, 0.717) is 5.92 Å². The molecule has 0 saturated heterocycles. The summed E-state index contributed by atoms with van der Waals surface area (Å²) in [6, 6.07) is 8.27. The molecule has 1 aromatic rings. The van der Waals surface area contributed by atoms with Crippen LogP contribution in [0.15, 0.2) is 24.3 Å². The van der Waals surface area contributed by atoms with Crippen LogP contribution in [-0.4, -0.2) is 19.8 Å². The third-order valence-corrected chi connectivity index (χ3v) is 2.83. The largest absolute Gasteiger partial charge is 0.382 e.